The zero-order chi connectivity index (χ0) is 7.84. The van der Waals surface area contributed by atoms with Crippen LogP contribution in [0.1, 0.15) is 11.4 Å². The van der Waals surface area contributed by atoms with E-state index in [1.807, 2.05) is 16.4 Å². The molecule has 0 aliphatic carbocycles. The minimum absolute atomic E-state index is 0.0191. The van der Waals surface area contributed by atoms with Crippen molar-refractivity contribution in [2.75, 3.05) is 0 Å². The first kappa shape index (κ1) is 7.64. The zero-order valence-corrected chi connectivity index (χ0v) is 8.15. The fourth-order valence-electron chi connectivity index (χ4n) is 1.10. The lowest BCUT2D eigenvalue weighted by Gasteiger charge is -1.89. The van der Waals surface area contributed by atoms with Gasteiger partial charge in [-0.25, -0.2) is 0 Å². The van der Waals surface area contributed by atoms with Crippen LogP contribution in [0.15, 0.2) is 4.47 Å². The van der Waals surface area contributed by atoms with E-state index >= 15 is 0 Å². The summed E-state index contributed by atoms with van der Waals surface area (Å²) in [4.78, 5) is 0. The van der Waals surface area contributed by atoms with Crippen LogP contribution in [0.2, 0.25) is 0 Å². The Balaban J connectivity index is 2.49. The zero-order valence-electron chi connectivity index (χ0n) is 5.75. The molecule has 0 unspecified atom stereocenters. The van der Waals surface area contributed by atoms with Crippen molar-refractivity contribution >= 4 is 27.7 Å². The van der Waals surface area contributed by atoms with Gasteiger partial charge < -0.3 is 5.11 Å². The van der Waals surface area contributed by atoms with E-state index in [0.29, 0.717) is 0 Å². The molecule has 1 N–H and O–H groups in total. The molecule has 0 bridgehead atoms. The normalized spacial score (nSPS) is 15.5. The van der Waals surface area contributed by atoms with Gasteiger partial charge in [-0.15, -0.1) is 11.8 Å². The van der Waals surface area contributed by atoms with Gasteiger partial charge in [0.2, 0.25) is 0 Å². The van der Waals surface area contributed by atoms with Gasteiger partial charge in [0.05, 0.1) is 22.7 Å². The highest BCUT2D eigenvalue weighted by atomic mass is 79.9. The average molecular weight is 235 g/mol. The lowest BCUT2D eigenvalue weighted by molar-refractivity contribution is 0.275. The summed E-state index contributed by atoms with van der Waals surface area (Å²) in [6.07, 6.45) is 0. The van der Waals surface area contributed by atoms with Crippen LogP contribution in [0.5, 0.6) is 0 Å². The fourth-order valence-corrected chi connectivity index (χ4v) is 2.80. The highest BCUT2D eigenvalue weighted by Crippen LogP contribution is 2.31. The quantitative estimate of drug-likeness (QED) is 0.798. The molecular formula is C6H7BrN2OS. The molecule has 0 atom stereocenters. The van der Waals surface area contributed by atoms with Gasteiger partial charge in [0, 0.05) is 5.75 Å². The van der Waals surface area contributed by atoms with Crippen molar-refractivity contribution < 1.29 is 5.11 Å². The molecular weight excluding hydrogens is 228 g/mol. The van der Waals surface area contributed by atoms with Crippen molar-refractivity contribution in [2.24, 2.45) is 0 Å². The van der Waals surface area contributed by atoms with E-state index in [2.05, 4.69) is 21.0 Å². The number of hydrogen-bond donors (Lipinski definition) is 1. The molecule has 0 fully saturated rings. The fraction of sp³-hybridized carbons (Fsp3) is 0.500. The Morgan fingerprint density at radius 3 is 3.18 bits per heavy atom. The Morgan fingerprint density at radius 2 is 2.55 bits per heavy atom. The van der Waals surface area contributed by atoms with Gasteiger partial charge in [-0.3, -0.25) is 4.68 Å². The van der Waals surface area contributed by atoms with Crippen LogP contribution in [0.3, 0.4) is 0 Å². The topological polar surface area (TPSA) is 38.1 Å². The Labute approximate surface area is 76.9 Å². The number of aliphatic hydroxyl groups is 1. The van der Waals surface area contributed by atoms with Crippen LogP contribution in [0.25, 0.3) is 0 Å². The van der Waals surface area contributed by atoms with Gasteiger partial charge in [0.1, 0.15) is 5.69 Å². The second-order valence-corrected chi connectivity index (χ2v) is 4.09. The molecule has 3 nitrogen and oxygen atoms in total. The summed E-state index contributed by atoms with van der Waals surface area (Å²) >= 11 is 5.24. The van der Waals surface area contributed by atoms with Crippen molar-refractivity contribution in [3.05, 3.63) is 15.9 Å². The Kier molecular flexibility index (Phi) is 1.95. The van der Waals surface area contributed by atoms with Crippen molar-refractivity contribution in [3.63, 3.8) is 0 Å². The van der Waals surface area contributed by atoms with E-state index < -0.39 is 0 Å². The third-order valence-corrected chi connectivity index (χ3v) is 3.48. The molecule has 0 spiro atoms. The summed E-state index contributed by atoms with van der Waals surface area (Å²) in [5, 5.41) is 13.1. The van der Waals surface area contributed by atoms with E-state index in [4.69, 9.17) is 5.11 Å². The van der Waals surface area contributed by atoms with Crippen molar-refractivity contribution in [3.8, 4) is 0 Å². The maximum absolute atomic E-state index is 8.86. The molecule has 5 heteroatoms. The number of thioether (sulfide) groups is 1. The predicted molar refractivity (Wildman–Crippen MR) is 47.1 cm³/mol. The lowest BCUT2D eigenvalue weighted by atomic mass is 10.4. The Hall–Kier alpha value is -0.000000000000000111. The molecule has 0 radical (unpaired) electrons. The molecule has 60 valence electrons. The number of nitrogens with zero attached hydrogens (tertiary/aromatic N) is 2. The number of aromatic nitrogens is 2. The van der Waals surface area contributed by atoms with E-state index in [9.17, 15) is 0 Å². The number of fused-ring (bicyclic) bond motifs is 1. The van der Waals surface area contributed by atoms with E-state index in [0.717, 1.165) is 21.8 Å². The highest BCUT2D eigenvalue weighted by molar-refractivity contribution is 9.10. The summed E-state index contributed by atoms with van der Waals surface area (Å²) in [6, 6.07) is 0. The molecule has 1 aromatic heterocycles. The first-order chi connectivity index (χ1) is 5.33. The molecule has 11 heavy (non-hydrogen) atoms. The van der Waals surface area contributed by atoms with Crippen LogP contribution in [0, 0.1) is 0 Å². The summed E-state index contributed by atoms with van der Waals surface area (Å²) < 4.78 is 2.91. The van der Waals surface area contributed by atoms with Gasteiger partial charge in [0.25, 0.3) is 0 Å². The van der Waals surface area contributed by atoms with Crippen molar-refractivity contribution in [2.45, 2.75) is 18.2 Å². The molecule has 0 saturated heterocycles. The third-order valence-electron chi connectivity index (χ3n) is 1.66. The average Bonchev–Trinajstić information content (AvgIpc) is 2.53. The van der Waals surface area contributed by atoms with Crippen LogP contribution in [0.4, 0.5) is 0 Å². The number of hydrogen-bond acceptors (Lipinski definition) is 3. The van der Waals surface area contributed by atoms with Crippen LogP contribution < -0.4 is 0 Å². The maximum Gasteiger partial charge on any atom is 0.102 e. The minimum Gasteiger partial charge on any atom is -0.390 e. The molecule has 1 aromatic rings. The molecule has 2 rings (SSSR count). The Morgan fingerprint density at radius 1 is 1.73 bits per heavy atom. The number of rotatable bonds is 1. The molecule has 0 saturated carbocycles. The Bertz CT molecular complexity index is 286. The van der Waals surface area contributed by atoms with Gasteiger partial charge >= 0.3 is 0 Å². The molecule has 0 aromatic carbocycles. The molecule has 2 heterocycles. The van der Waals surface area contributed by atoms with Gasteiger partial charge in [-0.2, -0.15) is 5.10 Å². The monoisotopic (exact) mass is 234 g/mol. The first-order valence-electron chi connectivity index (χ1n) is 3.25. The van der Waals surface area contributed by atoms with E-state index in [-0.39, 0.29) is 6.61 Å². The summed E-state index contributed by atoms with van der Waals surface area (Å²) in [6.45, 7) is 0.0191. The largest absolute Gasteiger partial charge is 0.390 e. The summed E-state index contributed by atoms with van der Waals surface area (Å²) in [5.41, 5.74) is 1.94. The minimum atomic E-state index is 0.0191. The van der Waals surface area contributed by atoms with Crippen LogP contribution >= 0.6 is 27.7 Å². The smallest absolute Gasteiger partial charge is 0.102 e. The second kappa shape index (κ2) is 2.80. The molecule has 1 aliphatic heterocycles. The summed E-state index contributed by atoms with van der Waals surface area (Å²) in [7, 11) is 0. The standard InChI is InChI=1S/C6H7BrN2OS/c7-6-4(1-10)8-9-3-11-2-5(6)9/h10H,1-3H2. The number of aliphatic hydroxyl groups excluding tert-OH is 1. The van der Waals surface area contributed by atoms with E-state index in [1.165, 1.54) is 5.69 Å². The van der Waals surface area contributed by atoms with Crippen LogP contribution in [-0.4, -0.2) is 14.9 Å². The third kappa shape index (κ3) is 1.11. The van der Waals surface area contributed by atoms with Crippen molar-refractivity contribution in [1.82, 2.24) is 9.78 Å². The maximum atomic E-state index is 8.86. The predicted octanol–water partition coefficient (Wildman–Crippen LogP) is 1.34. The second-order valence-electron chi connectivity index (χ2n) is 2.34. The molecule has 1 aliphatic rings. The van der Waals surface area contributed by atoms with Gasteiger partial charge in [-0.1, -0.05) is 0 Å². The summed E-state index contributed by atoms with van der Waals surface area (Å²) in [5.74, 6) is 1.90. The molecule has 0 amide bonds. The van der Waals surface area contributed by atoms with Crippen LogP contribution in [-0.2, 0) is 18.2 Å². The number of halogens is 1. The first-order valence-corrected chi connectivity index (χ1v) is 5.20. The van der Waals surface area contributed by atoms with Gasteiger partial charge in [-0.05, 0) is 15.9 Å². The van der Waals surface area contributed by atoms with E-state index in [1.54, 1.807) is 0 Å². The SMILES string of the molecule is OCc1nn2c(c1Br)CSC2. The van der Waals surface area contributed by atoms with Gasteiger partial charge in [0.15, 0.2) is 0 Å². The highest BCUT2D eigenvalue weighted by Gasteiger charge is 2.19. The lowest BCUT2D eigenvalue weighted by Crippen LogP contribution is -1.94. The van der Waals surface area contributed by atoms with Crippen molar-refractivity contribution in [1.29, 1.82) is 0 Å².